The number of esters is 1. The number of amides is 2. The molecule has 0 saturated carbocycles. The molecule has 0 spiro atoms. The minimum Gasteiger partial charge on any atom is -0.465 e. The second-order valence-electron chi connectivity index (χ2n) is 6.91. The first kappa shape index (κ1) is 21.2. The second kappa shape index (κ2) is 9.41. The number of hydrogen-bond acceptors (Lipinski definition) is 5. The molecular weight excluding hydrogens is 424 g/mol. The van der Waals surface area contributed by atoms with Crippen molar-refractivity contribution in [2.45, 2.75) is 4.90 Å². The number of hydrogen-bond donors (Lipinski definition) is 2. The lowest BCUT2D eigenvalue weighted by Crippen LogP contribution is -2.19. The first-order valence-corrected chi connectivity index (χ1v) is 10.7. The molecule has 0 aromatic heterocycles. The topological polar surface area (TPSA) is 84.5 Å². The summed E-state index contributed by atoms with van der Waals surface area (Å²) in [5.74, 6) is 5.65. The van der Waals surface area contributed by atoms with E-state index in [4.69, 9.17) is 4.74 Å². The zero-order valence-electron chi connectivity index (χ0n) is 17.1. The predicted molar refractivity (Wildman–Crippen MR) is 124 cm³/mol. The molecule has 0 radical (unpaired) electrons. The van der Waals surface area contributed by atoms with Gasteiger partial charge >= 0.3 is 5.97 Å². The summed E-state index contributed by atoms with van der Waals surface area (Å²) >= 11 is 1.45. The van der Waals surface area contributed by atoms with Crippen LogP contribution in [0.5, 0.6) is 0 Å². The van der Waals surface area contributed by atoms with E-state index in [2.05, 4.69) is 22.5 Å². The molecule has 1 aliphatic heterocycles. The molecule has 2 N–H and O–H groups in total. The first-order valence-electron chi connectivity index (χ1n) is 9.70. The van der Waals surface area contributed by atoms with Crippen LogP contribution in [-0.4, -0.2) is 30.6 Å². The van der Waals surface area contributed by atoms with Crippen LogP contribution in [0.1, 0.15) is 31.8 Å². The van der Waals surface area contributed by atoms with Crippen LogP contribution < -0.4 is 10.6 Å². The minimum absolute atomic E-state index is 0.0801. The van der Waals surface area contributed by atoms with E-state index >= 15 is 0 Å². The fourth-order valence-electron chi connectivity index (χ4n) is 3.09. The molecule has 3 aromatic carbocycles. The van der Waals surface area contributed by atoms with Crippen LogP contribution in [0.25, 0.3) is 0 Å². The van der Waals surface area contributed by atoms with Gasteiger partial charge in [0.2, 0.25) is 5.91 Å². The molecule has 0 unspecified atom stereocenters. The zero-order valence-corrected chi connectivity index (χ0v) is 17.9. The molecule has 32 heavy (non-hydrogen) atoms. The third kappa shape index (κ3) is 4.99. The number of thioether (sulfide) groups is 1. The van der Waals surface area contributed by atoms with Crippen LogP contribution in [0.2, 0.25) is 0 Å². The number of nitrogens with one attached hydrogen (secondary N) is 2. The van der Waals surface area contributed by atoms with Crippen molar-refractivity contribution in [3.05, 3.63) is 89.0 Å². The van der Waals surface area contributed by atoms with Crippen LogP contribution in [0, 0.1) is 11.8 Å². The van der Waals surface area contributed by atoms with Gasteiger partial charge in [0.1, 0.15) is 0 Å². The summed E-state index contributed by atoms with van der Waals surface area (Å²) in [6.07, 6.45) is 0. The summed E-state index contributed by atoms with van der Waals surface area (Å²) in [6.45, 7) is 0. The number of anilines is 2. The van der Waals surface area contributed by atoms with Crippen molar-refractivity contribution < 1.29 is 19.1 Å². The SMILES string of the molecule is COC(=O)c1cccc(C#Cc2cccc(NC(=O)c3ccc4c(c3)NC(=O)CS4)c2)c1. The maximum atomic E-state index is 12.7. The Hall–Kier alpha value is -4.02. The highest BCUT2D eigenvalue weighted by molar-refractivity contribution is 8.00. The number of fused-ring (bicyclic) bond motifs is 1. The smallest absolute Gasteiger partial charge is 0.337 e. The highest BCUT2D eigenvalue weighted by atomic mass is 32.2. The maximum absolute atomic E-state index is 12.7. The van der Waals surface area contributed by atoms with Gasteiger partial charge < -0.3 is 15.4 Å². The third-order valence-corrected chi connectivity index (χ3v) is 5.70. The van der Waals surface area contributed by atoms with Gasteiger partial charge in [-0.15, -0.1) is 11.8 Å². The molecular formula is C25H18N2O4S. The van der Waals surface area contributed by atoms with Crippen LogP contribution >= 0.6 is 11.8 Å². The molecule has 158 valence electrons. The number of methoxy groups -OCH3 is 1. The largest absolute Gasteiger partial charge is 0.465 e. The number of rotatable bonds is 3. The Morgan fingerprint density at radius 2 is 1.72 bits per heavy atom. The van der Waals surface area contributed by atoms with Crippen molar-refractivity contribution in [2.75, 3.05) is 23.5 Å². The van der Waals surface area contributed by atoms with Crippen LogP contribution in [0.3, 0.4) is 0 Å². The molecule has 1 aliphatic rings. The van der Waals surface area contributed by atoms with E-state index in [1.807, 2.05) is 12.1 Å². The first-order chi connectivity index (χ1) is 15.5. The van der Waals surface area contributed by atoms with Gasteiger partial charge in [-0.25, -0.2) is 4.79 Å². The third-order valence-electron chi connectivity index (χ3n) is 4.63. The Balaban J connectivity index is 1.49. The highest BCUT2D eigenvalue weighted by Gasteiger charge is 2.17. The van der Waals surface area contributed by atoms with E-state index in [-0.39, 0.29) is 11.8 Å². The predicted octanol–water partition coefficient (Wildman–Crippen LogP) is 4.17. The highest BCUT2D eigenvalue weighted by Crippen LogP contribution is 2.32. The van der Waals surface area contributed by atoms with Crippen molar-refractivity contribution in [3.8, 4) is 11.8 Å². The maximum Gasteiger partial charge on any atom is 0.337 e. The standard InChI is InChI=1S/C25H18N2O4S/c1-31-25(30)19-6-2-4-16(12-19)8-9-17-5-3-7-20(13-17)26-24(29)18-10-11-22-21(14-18)27-23(28)15-32-22/h2-7,10-14H,15H2,1H3,(H,26,29)(H,27,28). The number of benzene rings is 3. The lowest BCUT2D eigenvalue weighted by molar-refractivity contribution is -0.113. The molecule has 2 amide bonds. The van der Waals surface area contributed by atoms with E-state index in [9.17, 15) is 14.4 Å². The Morgan fingerprint density at radius 1 is 0.969 bits per heavy atom. The molecule has 1 heterocycles. The second-order valence-corrected chi connectivity index (χ2v) is 7.92. The van der Waals surface area contributed by atoms with E-state index in [1.54, 1.807) is 54.6 Å². The van der Waals surface area contributed by atoms with Crippen molar-refractivity contribution in [3.63, 3.8) is 0 Å². The fourth-order valence-corrected chi connectivity index (χ4v) is 3.88. The van der Waals surface area contributed by atoms with E-state index < -0.39 is 5.97 Å². The van der Waals surface area contributed by atoms with Gasteiger partial charge in [0, 0.05) is 27.3 Å². The van der Waals surface area contributed by atoms with Crippen molar-refractivity contribution in [1.29, 1.82) is 0 Å². The van der Waals surface area contributed by atoms with E-state index in [0.717, 1.165) is 4.90 Å². The molecule has 6 nitrogen and oxygen atoms in total. The van der Waals surface area contributed by atoms with Crippen molar-refractivity contribution >= 4 is 40.9 Å². The lowest BCUT2D eigenvalue weighted by atomic mass is 10.1. The summed E-state index contributed by atoms with van der Waals surface area (Å²) in [5, 5.41) is 5.65. The van der Waals surface area contributed by atoms with Gasteiger partial charge in [-0.1, -0.05) is 24.0 Å². The van der Waals surface area contributed by atoms with E-state index in [1.165, 1.54) is 18.9 Å². The summed E-state index contributed by atoms with van der Waals surface area (Å²) in [6, 6.07) is 19.3. The quantitative estimate of drug-likeness (QED) is 0.470. The normalized spacial score (nSPS) is 12.0. The molecule has 0 fully saturated rings. The van der Waals surface area contributed by atoms with Crippen molar-refractivity contribution in [2.24, 2.45) is 0 Å². The molecule has 0 atom stereocenters. The van der Waals surface area contributed by atoms with Crippen molar-refractivity contribution in [1.82, 2.24) is 0 Å². The van der Waals surface area contributed by atoms with Gasteiger partial charge in [0.05, 0.1) is 24.1 Å². The average molecular weight is 442 g/mol. The molecule has 4 rings (SSSR count). The minimum atomic E-state index is -0.418. The summed E-state index contributed by atoms with van der Waals surface area (Å²) < 4.78 is 4.73. The summed E-state index contributed by atoms with van der Waals surface area (Å²) in [5.41, 5.74) is 3.51. The molecule has 0 saturated heterocycles. The van der Waals surface area contributed by atoms with Gasteiger partial charge in [-0.3, -0.25) is 9.59 Å². The number of ether oxygens (including phenoxy) is 1. The molecule has 0 bridgehead atoms. The Labute approximate surface area is 189 Å². The van der Waals surface area contributed by atoms with Gasteiger partial charge in [0.15, 0.2) is 0 Å². The summed E-state index contributed by atoms with van der Waals surface area (Å²) in [7, 11) is 1.33. The average Bonchev–Trinajstić information content (AvgIpc) is 2.82. The van der Waals surface area contributed by atoms with Crippen LogP contribution in [0.4, 0.5) is 11.4 Å². The number of carbonyl (C=O) groups is 3. The van der Waals surface area contributed by atoms with E-state index in [0.29, 0.717) is 39.4 Å². The van der Waals surface area contributed by atoms with Crippen LogP contribution in [-0.2, 0) is 9.53 Å². The van der Waals surface area contributed by atoms with Crippen LogP contribution in [0.15, 0.2) is 71.6 Å². The van der Waals surface area contributed by atoms with Gasteiger partial charge in [-0.2, -0.15) is 0 Å². The molecule has 3 aromatic rings. The number of carbonyl (C=O) groups excluding carboxylic acids is 3. The van der Waals surface area contributed by atoms with Gasteiger partial charge in [-0.05, 0) is 54.6 Å². The van der Waals surface area contributed by atoms with Gasteiger partial charge in [0.25, 0.3) is 5.91 Å². The summed E-state index contributed by atoms with van der Waals surface area (Å²) in [4.78, 5) is 36.9. The Morgan fingerprint density at radius 3 is 2.50 bits per heavy atom. The molecule has 7 heteroatoms. The molecule has 0 aliphatic carbocycles. The zero-order chi connectivity index (χ0) is 22.5. The Kier molecular flexibility index (Phi) is 6.24. The fraction of sp³-hybridized carbons (Fsp3) is 0.0800. The Bertz CT molecular complexity index is 1290. The lowest BCUT2D eigenvalue weighted by Gasteiger charge is -2.17. The monoisotopic (exact) mass is 442 g/mol.